The second kappa shape index (κ2) is 8.96. The zero-order valence-electron chi connectivity index (χ0n) is 16.1. The molecule has 1 saturated heterocycles. The van der Waals surface area contributed by atoms with Crippen LogP contribution in [0.4, 0.5) is 0 Å². The molecule has 1 aromatic carbocycles. The van der Waals surface area contributed by atoms with Crippen molar-refractivity contribution in [2.75, 3.05) is 39.8 Å². The first-order valence-corrected chi connectivity index (χ1v) is 9.25. The first-order chi connectivity index (χ1) is 13.0. The van der Waals surface area contributed by atoms with Gasteiger partial charge in [-0.2, -0.15) is 4.98 Å². The standard InChI is InChI=1S/C19H27N5O3/c1-14(2)20-17(25)12-23-8-10-24(11-9-23)13-18-21-19(22-27-18)15-6-4-5-7-16(15)26-3/h4-7,14H,8-13H2,1-3H3,(H,20,25). The quantitative estimate of drug-likeness (QED) is 0.785. The number of nitrogens with one attached hydrogen (secondary N) is 1. The van der Waals surface area contributed by atoms with Crippen molar-refractivity contribution in [3.8, 4) is 17.1 Å². The van der Waals surface area contributed by atoms with Crippen molar-refractivity contribution in [1.82, 2.24) is 25.3 Å². The van der Waals surface area contributed by atoms with Crippen LogP contribution >= 0.6 is 0 Å². The molecule has 1 aliphatic rings. The lowest BCUT2D eigenvalue weighted by molar-refractivity contribution is -0.123. The third-order valence-corrected chi connectivity index (χ3v) is 4.46. The highest BCUT2D eigenvalue weighted by atomic mass is 16.5. The van der Waals surface area contributed by atoms with Crippen molar-refractivity contribution in [1.29, 1.82) is 0 Å². The van der Waals surface area contributed by atoms with Gasteiger partial charge in [0.25, 0.3) is 0 Å². The van der Waals surface area contributed by atoms with Gasteiger partial charge < -0.3 is 14.6 Å². The van der Waals surface area contributed by atoms with Crippen LogP contribution in [0.1, 0.15) is 19.7 Å². The lowest BCUT2D eigenvalue weighted by Crippen LogP contribution is -2.49. The first-order valence-electron chi connectivity index (χ1n) is 9.25. The third-order valence-electron chi connectivity index (χ3n) is 4.46. The van der Waals surface area contributed by atoms with E-state index in [1.807, 2.05) is 38.1 Å². The molecule has 1 fully saturated rings. The Labute approximate surface area is 159 Å². The lowest BCUT2D eigenvalue weighted by Gasteiger charge is -2.33. The molecular formula is C19H27N5O3. The number of ether oxygens (including phenoxy) is 1. The molecule has 1 N–H and O–H groups in total. The van der Waals surface area contributed by atoms with Crippen LogP contribution in [0.5, 0.6) is 5.75 Å². The number of piperazine rings is 1. The zero-order chi connectivity index (χ0) is 19.2. The highest BCUT2D eigenvalue weighted by Crippen LogP contribution is 2.27. The van der Waals surface area contributed by atoms with Gasteiger partial charge in [0, 0.05) is 32.2 Å². The van der Waals surface area contributed by atoms with E-state index in [9.17, 15) is 4.79 Å². The average molecular weight is 373 g/mol. The van der Waals surface area contributed by atoms with Gasteiger partial charge in [0.2, 0.25) is 17.6 Å². The largest absolute Gasteiger partial charge is 0.496 e. The Kier molecular flexibility index (Phi) is 6.41. The van der Waals surface area contributed by atoms with E-state index in [1.54, 1.807) is 7.11 Å². The van der Waals surface area contributed by atoms with Crippen LogP contribution in [0, 0.1) is 0 Å². The van der Waals surface area contributed by atoms with Gasteiger partial charge in [-0.15, -0.1) is 0 Å². The molecule has 2 heterocycles. The highest BCUT2D eigenvalue weighted by Gasteiger charge is 2.21. The van der Waals surface area contributed by atoms with Gasteiger partial charge in [-0.25, -0.2) is 0 Å². The molecule has 0 unspecified atom stereocenters. The average Bonchev–Trinajstić information content (AvgIpc) is 3.11. The number of aromatic nitrogens is 2. The van der Waals surface area contributed by atoms with Crippen molar-refractivity contribution >= 4 is 5.91 Å². The summed E-state index contributed by atoms with van der Waals surface area (Å²) in [5.74, 6) is 1.92. The summed E-state index contributed by atoms with van der Waals surface area (Å²) in [6.07, 6.45) is 0. The van der Waals surface area contributed by atoms with Crippen LogP contribution in [-0.4, -0.2) is 71.7 Å². The molecule has 0 spiro atoms. The summed E-state index contributed by atoms with van der Waals surface area (Å²) in [5, 5.41) is 7.02. The Morgan fingerprint density at radius 3 is 2.63 bits per heavy atom. The number of hydrogen-bond acceptors (Lipinski definition) is 7. The summed E-state index contributed by atoms with van der Waals surface area (Å²) < 4.78 is 10.8. The van der Waals surface area contributed by atoms with Crippen LogP contribution in [0.25, 0.3) is 11.4 Å². The maximum Gasteiger partial charge on any atom is 0.241 e. The molecule has 3 rings (SSSR count). The normalized spacial score (nSPS) is 15.9. The molecule has 2 aromatic rings. The molecule has 0 atom stereocenters. The predicted molar refractivity (Wildman–Crippen MR) is 101 cm³/mol. The molecule has 27 heavy (non-hydrogen) atoms. The molecule has 0 aliphatic carbocycles. The van der Waals surface area contributed by atoms with Gasteiger partial charge >= 0.3 is 0 Å². The van der Waals surface area contributed by atoms with E-state index in [2.05, 4.69) is 25.3 Å². The summed E-state index contributed by atoms with van der Waals surface area (Å²) in [5.41, 5.74) is 0.816. The highest BCUT2D eigenvalue weighted by molar-refractivity contribution is 5.78. The smallest absolute Gasteiger partial charge is 0.241 e. The Morgan fingerprint density at radius 1 is 1.22 bits per heavy atom. The van der Waals surface area contributed by atoms with E-state index in [4.69, 9.17) is 9.26 Å². The van der Waals surface area contributed by atoms with Gasteiger partial charge in [-0.1, -0.05) is 17.3 Å². The number of para-hydroxylation sites is 1. The summed E-state index contributed by atoms with van der Waals surface area (Å²) in [6, 6.07) is 7.79. The van der Waals surface area contributed by atoms with E-state index < -0.39 is 0 Å². The summed E-state index contributed by atoms with van der Waals surface area (Å²) in [7, 11) is 1.63. The van der Waals surface area contributed by atoms with Gasteiger partial charge in [-0.3, -0.25) is 14.6 Å². The van der Waals surface area contributed by atoms with Crippen LogP contribution in [0.15, 0.2) is 28.8 Å². The Bertz CT molecular complexity index is 753. The number of rotatable bonds is 7. The molecule has 8 nitrogen and oxygen atoms in total. The predicted octanol–water partition coefficient (Wildman–Crippen LogP) is 1.39. The first kappa shape index (κ1) is 19.3. The van der Waals surface area contributed by atoms with Gasteiger partial charge in [0.05, 0.1) is 25.8 Å². The van der Waals surface area contributed by atoms with Crippen LogP contribution in [0.2, 0.25) is 0 Å². The molecule has 1 aliphatic heterocycles. The van der Waals surface area contributed by atoms with Crippen molar-refractivity contribution in [3.05, 3.63) is 30.2 Å². The van der Waals surface area contributed by atoms with E-state index in [0.29, 0.717) is 24.8 Å². The molecule has 0 radical (unpaired) electrons. The van der Waals surface area contributed by atoms with Crippen molar-refractivity contribution < 1.29 is 14.1 Å². The summed E-state index contributed by atoms with van der Waals surface area (Å²) in [6.45, 7) is 8.42. The molecule has 1 amide bonds. The minimum Gasteiger partial charge on any atom is -0.496 e. The number of methoxy groups -OCH3 is 1. The van der Waals surface area contributed by atoms with Crippen LogP contribution in [0.3, 0.4) is 0 Å². The van der Waals surface area contributed by atoms with Crippen LogP contribution < -0.4 is 10.1 Å². The third kappa shape index (κ3) is 5.27. The summed E-state index contributed by atoms with van der Waals surface area (Å²) >= 11 is 0. The number of nitrogens with zero attached hydrogens (tertiary/aromatic N) is 4. The lowest BCUT2D eigenvalue weighted by atomic mass is 10.2. The molecule has 0 saturated carbocycles. The van der Waals surface area contributed by atoms with Crippen molar-refractivity contribution in [3.63, 3.8) is 0 Å². The zero-order valence-corrected chi connectivity index (χ0v) is 16.1. The Hall–Kier alpha value is -2.45. The fourth-order valence-electron chi connectivity index (χ4n) is 3.13. The molecule has 8 heteroatoms. The Balaban J connectivity index is 1.51. The van der Waals surface area contributed by atoms with Gasteiger partial charge in [0.15, 0.2) is 0 Å². The van der Waals surface area contributed by atoms with Crippen LogP contribution in [-0.2, 0) is 11.3 Å². The molecule has 1 aromatic heterocycles. The molecule has 146 valence electrons. The maximum atomic E-state index is 11.9. The SMILES string of the molecule is COc1ccccc1-c1noc(CN2CCN(CC(=O)NC(C)C)CC2)n1. The van der Waals surface area contributed by atoms with Crippen molar-refractivity contribution in [2.45, 2.75) is 26.4 Å². The summed E-state index contributed by atoms with van der Waals surface area (Å²) in [4.78, 5) is 20.8. The number of carbonyl (C=O) groups excluding carboxylic acids is 1. The minimum absolute atomic E-state index is 0.0804. The minimum atomic E-state index is 0.0804. The number of carbonyl (C=O) groups is 1. The Morgan fingerprint density at radius 2 is 1.93 bits per heavy atom. The second-order valence-corrected chi connectivity index (χ2v) is 6.99. The van der Waals surface area contributed by atoms with Crippen molar-refractivity contribution in [2.24, 2.45) is 0 Å². The number of amides is 1. The van der Waals surface area contributed by atoms with E-state index in [-0.39, 0.29) is 11.9 Å². The monoisotopic (exact) mass is 373 g/mol. The number of benzene rings is 1. The fraction of sp³-hybridized carbons (Fsp3) is 0.526. The van der Waals surface area contributed by atoms with E-state index >= 15 is 0 Å². The van der Waals surface area contributed by atoms with Gasteiger partial charge in [-0.05, 0) is 26.0 Å². The maximum absolute atomic E-state index is 11.9. The van der Waals surface area contributed by atoms with E-state index in [0.717, 1.165) is 37.5 Å². The molecule has 0 bridgehead atoms. The van der Waals surface area contributed by atoms with E-state index in [1.165, 1.54) is 0 Å². The fourth-order valence-corrected chi connectivity index (χ4v) is 3.13. The topological polar surface area (TPSA) is 83.7 Å². The molecular weight excluding hydrogens is 346 g/mol. The van der Waals surface area contributed by atoms with Gasteiger partial charge in [0.1, 0.15) is 5.75 Å². The second-order valence-electron chi connectivity index (χ2n) is 6.99. The number of hydrogen-bond donors (Lipinski definition) is 1.